The second-order valence-corrected chi connectivity index (χ2v) is 9.48. The number of hydrogen-bond donors (Lipinski definition) is 0. The fraction of sp³-hybridized carbons (Fsp3) is 0.810. The van der Waals surface area contributed by atoms with Crippen molar-refractivity contribution in [2.24, 2.45) is 5.92 Å². The van der Waals surface area contributed by atoms with Crippen LogP contribution in [0.15, 0.2) is 0 Å². The molecule has 1 amide bonds. The van der Waals surface area contributed by atoms with E-state index in [9.17, 15) is 9.59 Å². The van der Waals surface area contributed by atoms with Crippen molar-refractivity contribution in [3.05, 3.63) is 0 Å². The van der Waals surface area contributed by atoms with Gasteiger partial charge in [-0.05, 0) is 60.3 Å². The number of amides is 1. The Morgan fingerprint density at radius 3 is 2.36 bits per heavy atom. The van der Waals surface area contributed by atoms with Gasteiger partial charge >= 0.3 is 6.09 Å². The molecule has 2 saturated heterocycles. The van der Waals surface area contributed by atoms with Gasteiger partial charge in [-0.2, -0.15) is 0 Å². The number of fused-ring (bicyclic) bond motifs is 1. The molecule has 3 rings (SSSR count). The van der Waals surface area contributed by atoms with Gasteiger partial charge in [-0.25, -0.2) is 4.79 Å². The monoisotopic (exact) mass is 393 g/mol. The Bertz CT molecular complexity index is 711. The van der Waals surface area contributed by atoms with Gasteiger partial charge in [0.15, 0.2) is 12.1 Å². The lowest BCUT2D eigenvalue weighted by Gasteiger charge is -2.57. The molecule has 0 aromatic carbocycles. The number of hydrogen-bond acceptors (Lipinski definition) is 6. The van der Waals surface area contributed by atoms with Gasteiger partial charge < -0.3 is 18.9 Å². The lowest BCUT2D eigenvalue weighted by molar-refractivity contribution is -0.394. The molecule has 0 N–H and O–H groups in total. The van der Waals surface area contributed by atoms with Crippen LogP contribution in [-0.4, -0.2) is 65.7 Å². The molecule has 1 saturated carbocycles. The molecule has 0 unspecified atom stereocenters. The van der Waals surface area contributed by atoms with Gasteiger partial charge in [-0.15, -0.1) is 0 Å². The molecule has 2 heterocycles. The summed E-state index contributed by atoms with van der Waals surface area (Å²) in [5.41, 5.74) is -1.84. The zero-order valence-corrected chi connectivity index (χ0v) is 17.8. The summed E-state index contributed by atoms with van der Waals surface area (Å²) in [6.07, 6.45) is 0.937. The molecular formula is C21H31NO6. The maximum absolute atomic E-state index is 13.0. The Kier molecular flexibility index (Phi) is 5.06. The molecule has 0 radical (unpaired) electrons. The van der Waals surface area contributed by atoms with E-state index in [0.29, 0.717) is 12.8 Å². The van der Waals surface area contributed by atoms with Crippen LogP contribution in [0.25, 0.3) is 0 Å². The summed E-state index contributed by atoms with van der Waals surface area (Å²) in [5, 5.41) is 0. The van der Waals surface area contributed by atoms with E-state index in [0.717, 1.165) is 12.8 Å². The summed E-state index contributed by atoms with van der Waals surface area (Å²) in [6, 6.07) is 0. The lowest BCUT2D eigenvalue weighted by atomic mass is 9.80. The first kappa shape index (κ1) is 21.1. The van der Waals surface area contributed by atoms with E-state index in [4.69, 9.17) is 18.9 Å². The Hall–Kier alpha value is -1.62. The number of carbonyl (C=O) groups is 2. The number of aldehydes is 1. The van der Waals surface area contributed by atoms with Crippen molar-refractivity contribution in [2.45, 2.75) is 89.1 Å². The van der Waals surface area contributed by atoms with Crippen molar-refractivity contribution >= 4 is 12.4 Å². The number of piperidine rings is 1. The Morgan fingerprint density at radius 2 is 1.86 bits per heavy atom. The van der Waals surface area contributed by atoms with E-state index < -0.39 is 34.7 Å². The normalized spacial score (nSPS) is 35.4. The van der Waals surface area contributed by atoms with Crippen molar-refractivity contribution in [3.63, 3.8) is 0 Å². The molecule has 1 spiro atoms. The molecule has 156 valence electrons. The van der Waals surface area contributed by atoms with Gasteiger partial charge in [0.2, 0.25) is 0 Å². The first-order valence-electron chi connectivity index (χ1n) is 9.75. The van der Waals surface area contributed by atoms with Gasteiger partial charge in [-0.1, -0.05) is 5.92 Å². The van der Waals surface area contributed by atoms with Crippen LogP contribution in [0.4, 0.5) is 4.79 Å². The highest BCUT2D eigenvalue weighted by Gasteiger charge is 2.67. The van der Waals surface area contributed by atoms with Crippen LogP contribution in [0.5, 0.6) is 0 Å². The van der Waals surface area contributed by atoms with Crippen molar-refractivity contribution < 1.29 is 28.5 Å². The summed E-state index contributed by atoms with van der Waals surface area (Å²) in [7, 11) is 1.58. The quantitative estimate of drug-likeness (QED) is 0.503. The molecule has 4 atom stereocenters. The van der Waals surface area contributed by atoms with E-state index >= 15 is 0 Å². The second-order valence-electron chi connectivity index (χ2n) is 9.48. The molecule has 3 aliphatic rings. The molecule has 0 aromatic rings. The van der Waals surface area contributed by atoms with E-state index in [2.05, 4.69) is 11.8 Å². The minimum Gasteiger partial charge on any atom is -0.444 e. The predicted molar refractivity (Wildman–Crippen MR) is 101 cm³/mol. The van der Waals surface area contributed by atoms with Crippen LogP contribution >= 0.6 is 0 Å². The second kappa shape index (κ2) is 6.72. The van der Waals surface area contributed by atoms with Crippen LogP contribution in [0.1, 0.15) is 54.4 Å². The topological polar surface area (TPSA) is 74.3 Å². The van der Waals surface area contributed by atoms with E-state index in [1.165, 1.54) is 0 Å². The first-order valence-corrected chi connectivity index (χ1v) is 9.75. The highest BCUT2D eigenvalue weighted by molar-refractivity contribution is 5.73. The largest absolute Gasteiger partial charge is 0.444 e. The molecule has 7 nitrogen and oxygen atoms in total. The average Bonchev–Trinajstić information content (AvgIpc) is 3.35. The van der Waals surface area contributed by atoms with Crippen LogP contribution in [-0.2, 0) is 23.7 Å². The number of methoxy groups -OCH3 is 1. The van der Waals surface area contributed by atoms with Gasteiger partial charge in [0.05, 0.1) is 18.0 Å². The lowest BCUT2D eigenvalue weighted by Crippen LogP contribution is -2.71. The minimum atomic E-state index is -0.973. The van der Waals surface area contributed by atoms with Crippen LogP contribution in [0, 0.1) is 17.8 Å². The molecular weight excluding hydrogens is 362 g/mol. The highest BCUT2D eigenvalue weighted by atomic mass is 16.7. The Balaban J connectivity index is 1.98. The SMILES string of the molecule is CO[C@@]1(C)O[C@@H]2[C@@H](C#CC=O)C3(CC3)N(C(=O)OC(C)(C)C)C[C@H]2OC1(C)C. The number of likely N-dealkylation sites (tertiary alicyclic amines) is 1. The fourth-order valence-corrected chi connectivity index (χ4v) is 4.21. The van der Waals surface area contributed by atoms with E-state index in [1.807, 2.05) is 41.5 Å². The van der Waals surface area contributed by atoms with Gasteiger partial charge in [0.25, 0.3) is 0 Å². The Morgan fingerprint density at radius 1 is 1.21 bits per heavy atom. The van der Waals surface area contributed by atoms with Crippen molar-refractivity contribution in [3.8, 4) is 11.8 Å². The average molecular weight is 393 g/mol. The minimum absolute atomic E-state index is 0.349. The number of nitrogens with zero attached hydrogens (tertiary/aromatic N) is 1. The van der Waals surface area contributed by atoms with Gasteiger partial charge in [0.1, 0.15) is 23.4 Å². The number of carbonyl (C=O) groups excluding carboxylic acids is 2. The number of rotatable bonds is 1. The van der Waals surface area contributed by atoms with Crippen molar-refractivity contribution in [1.82, 2.24) is 4.90 Å². The van der Waals surface area contributed by atoms with E-state index in [1.54, 1.807) is 12.0 Å². The maximum Gasteiger partial charge on any atom is 0.410 e. The zero-order chi connectivity index (χ0) is 21.0. The zero-order valence-electron chi connectivity index (χ0n) is 17.8. The molecule has 1 aliphatic carbocycles. The molecule has 3 fully saturated rings. The van der Waals surface area contributed by atoms with Crippen LogP contribution in [0.3, 0.4) is 0 Å². The molecule has 0 bridgehead atoms. The summed E-state index contributed by atoms with van der Waals surface area (Å²) in [5.74, 6) is 4.23. The predicted octanol–water partition coefficient (Wildman–Crippen LogP) is 2.51. The maximum atomic E-state index is 13.0. The summed E-state index contributed by atoms with van der Waals surface area (Å²) >= 11 is 0. The smallest absolute Gasteiger partial charge is 0.410 e. The standard InChI is InChI=1S/C21H31NO6/c1-18(2,3)28-17(24)22-13-15-16(14(9-8-12-23)21(22)10-11-21)27-20(6,25-7)19(4,5)26-15/h12,14-16H,10-11,13H2,1-7H3/t14-,15-,16-,20+/m1/s1. The van der Waals surface area contributed by atoms with Gasteiger partial charge in [-0.3, -0.25) is 9.69 Å². The van der Waals surface area contributed by atoms with Crippen LogP contribution in [0.2, 0.25) is 0 Å². The molecule has 28 heavy (non-hydrogen) atoms. The summed E-state index contributed by atoms with van der Waals surface area (Å²) in [6.45, 7) is 11.5. The van der Waals surface area contributed by atoms with Crippen molar-refractivity contribution in [1.29, 1.82) is 0 Å². The third-order valence-corrected chi connectivity index (χ3v) is 6.14. The highest BCUT2D eigenvalue weighted by Crippen LogP contribution is 2.56. The Labute approximate surface area is 167 Å². The summed E-state index contributed by atoms with van der Waals surface area (Å²) in [4.78, 5) is 25.7. The van der Waals surface area contributed by atoms with Crippen molar-refractivity contribution in [2.75, 3.05) is 13.7 Å². The van der Waals surface area contributed by atoms with Gasteiger partial charge in [0, 0.05) is 7.11 Å². The third kappa shape index (κ3) is 3.42. The molecule has 0 aromatic heterocycles. The van der Waals surface area contributed by atoms with E-state index in [-0.39, 0.29) is 12.0 Å². The molecule has 2 aliphatic heterocycles. The fourth-order valence-electron chi connectivity index (χ4n) is 4.21. The summed E-state index contributed by atoms with van der Waals surface area (Å²) < 4.78 is 24.1. The number of ether oxygens (including phenoxy) is 4. The van der Waals surface area contributed by atoms with Crippen LogP contribution < -0.4 is 0 Å². The molecule has 7 heteroatoms. The first-order chi connectivity index (χ1) is 12.9. The third-order valence-electron chi connectivity index (χ3n) is 6.14.